The van der Waals surface area contributed by atoms with Crippen molar-refractivity contribution < 1.29 is 9.84 Å². The van der Waals surface area contributed by atoms with Gasteiger partial charge in [-0.05, 0) is 18.4 Å². The minimum absolute atomic E-state index is 0.179. The van der Waals surface area contributed by atoms with Crippen LogP contribution in [0.1, 0.15) is 38.2 Å². The van der Waals surface area contributed by atoms with Crippen LogP contribution in [-0.2, 0) is 4.74 Å². The van der Waals surface area contributed by atoms with E-state index in [9.17, 15) is 5.11 Å². The highest BCUT2D eigenvalue weighted by molar-refractivity contribution is 5.20. The highest BCUT2D eigenvalue weighted by Gasteiger charge is 2.18. The Labute approximate surface area is 98.3 Å². The van der Waals surface area contributed by atoms with E-state index in [0.29, 0.717) is 6.61 Å². The number of hydrogen-bond acceptors (Lipinski definition) is 2. The van der Waals surface area contributed by atoms with E-state index in [-0.39, 0.29) is 5.92 Å². The topological polar surface area (TPSA) is 29.5 Å². The Morgan fingerprint density at radius 2 is 1.88 bits per heavy atom. The monoisotopic (exact) mass is 222 g/mol. The van der Waals surface area contributed by atoms with Crippen LogP contribution in [0.15, 0.2) is 30.3 Å². The first-order chi connectivity index (χ1) is 7.79. The van der Waals surface area contributed by atoms with Crippen LogP contribution in [0.4, 0.5) is 0 Å². The third kappa shape index (κ3) is 3.95. The Balaban J connectivity index is 2.53. The van der Waals surface area contributed by atoms with Crippen LogP contribution in [0.5, 0.6) is 0 Å². The molecule has 0 aliphatic rings. The molecule has 90 valence electrons. The molecule has 1 aromatic rings. The second kappa shape index (κ2) is 7.42. The van der Waals surface area contributed by atoms with E-state index >= 15 is 0 Å². The van der Waals surface area contributed by atoms with Crippen LogP contribution >= 0.6 is 0 Å². The molecule has 0 spiro atoms. The molecule has 2 nitrogen and oxygen atoms in total. The molecular formula is C14H22O2. The van der Waals surface area contributed by atoms with Gasteiger partial charge in [0.25, 0.3) is 0 Å². The summed E-state index contributed by atoms with van der Waals surface area (Å²) in [7, 11) is 0. The Hall–Kier alpha value is -0.860. The van der Waals surface area contributed by atoms with Gasteiger partial charge in [0, 0.05) is 12.5 Å². The first kappa shape index (κ1) is 13.2. The highest BCUT2D eigenvalue weighted by Crippen LogP contribution is 2.23. The summed E-state index contributed by atoms with van der Waals surface area (Å²) >= 11 is 0. The number of hydrogen-bond donors (Lipinski definition) is 1. The summed E-state index contributed by atoms with van der Waals surface area (Å²) in [6.07, 6.45) is 1.52. The van der Waals surface area contributed by atoms with E-state index in [4.69, 9.17) is 4.74 Å². The smallest absolute Gasteiger partial charge is 0.0841 e. The number of ether oxygens (including phenoxy) is 1. The second-order valence-corrected chi connectivity index (χ2v) is 4.07. The molecule has 0 aliphatic heterocycles. The first-order valence-corrected chi connectivity index (χ1v) is 6.10. The van der Waals surface area contributed by atoms with Crippen molar-refractivity contribution in [2.45, 2.75) is 38.7 Å². The summed E-state index contributed by atoms with van der Waals surface area (Å²) in [5, 5.41) is 10.1. The zero-order valence-electron chi connectivity index (χ0n) is 10.2. The lowest BCUT2D eigenvalue weighted by Gasteiger charge is -2.21. The van der Waals surface area contributed by atoms with Crippen LogP contribution in [0.2, 0.25) is 0 Å². The maximum Gasteiger partial charge on any atom is 0.0841 e. The fourth-order valence-electron chi connectivity index (χ4n) is 1.89. The van der Waals surface area contributed by atoms with Gasteiger partial charge in [-0.2, -0.15) is 0 Å². The number of aliphatic hydroxyl groups excluding tert-OH is 1. The molecule has 0 saturated carbocycles. The van der Waals surface area contributed by atoms with Crippen LogP contribution in [0, 0.1) is 0 Å². The molecule has 0 aliphatic carbocycles. The molecule has 2 atom stereocenters. The molecule has 1 aromatic carbocycles. The molecular weight excluding hydrogens is 200 g/mol. The molecule has 0 radical (unpaired) electrons. The molecule has 0 bridgehead atoms. The highest BCUT2D eigenvalue weighted by atomic mass is 16.5. The van der Waals surface area contributed by atoms with Gasteiger partial charge in [-0.15, -0.1) is 0 Å². The minimum atomic E-state index is -0.404. The molecule has 0 saturated heterocycles. The Morgan fingerprint density at radius 1 is 1.19 bits per heavy atom. The van der Waals surface area contributed by atoms with Crippen molar-refractivity contribution in [1.29, 1.82) is 0 Å². The van der Waals surface area contributed by atoms with Gasteiger partial charge in [-0.25, -0.2) is 0 Å². The molecule has 2 unspecified atom stereocenters. The van der Waals surface area contributed by atoms with Crippen LogP contribution in [-0.4, -0.2) is 24.4 Å². The van der Waals surface area contributed by atoms with E-state index in [1.165, 1.54) is 5.56 Å². The predicted molar refractivity (Wildman–Crippen MR) is 66.6 cm³/mol. The SMILES string of the molecule is CCCOCC(O)C(CC)c1ccccc1. The van der Waals surface area contributed by atoms with Gasteiger partial charge >= 0.3 is 0 Å². The Kier molecular flexibility index (Phi) is 6.12. The molecule has 0 fully saturated rings. The zero-order valence-corrected chi connectivity index (χ0v) is 10.2. The lowest BCUT2D eigenvalue weighted by Crippen LogP contribution is -2.24. The van der Waals surface area contributed by atoms with Crippen molar-refractivity contribution in [3.63, 3.8) is 0 Å². The van der Waals surface area contributed by atoms with Gasteiger partial charge in [0.15, 0.2) is 0 Å². The third-order valence-electron chi connectivity index (χ3n) is 2.77. The van der Waals surface area contributed by atoms with Crippen LogP contribution < -0.4 is 0 Å². The van der Waals surface area contributed by atoms with E-state index in [1.54, 1.807) is 0 Å². The molecule has 0 amide bonds. The summed E-state index contributed by atoms with van der Waals surface area (Å²) in [5.74, 6) is 0.179. The summed E-state index contributed by atoms with van der Waals surface area (Å²) < 4.78 is 5.40. The normalized spacial score (nSPS) is 14.7. The molecule has 1 N–H and O–H groups in total. The quantitative estimate of drug-likeness (QED) is 0.719. The molecule has 16 heavy (non-hydrogen) atoms. The lowest BCUT2D eigenvalue weighted by molar-refractivity contribution is 0.0217. The van der Waals surface area contributed by atoms with Gasteiger partial charge in [-0.1, -0.05) is 44.2 Å². The fraction of sp³-hybridized carbons (Fsp3) is 0.571. The molecule has 0 aromatic heterocycles. The zero-order chi connectivity index (χ0) is 11.8. The van der Waals surface area contributed by atoms with E-state index in [2.05, 4.69) is 26.0 Å². The summed E-state index contributed by atoms with van der Waals surface area (Å²) in [5.41, 5.74) is 1.19. The van der Waals surface area contributed by atoms with Crippen molar-refractivity contribution in [1.82, 2.24) is 0 Å². The van der Waals surface area contributed by atoms with Gasteiger partial charge in [-0.3, -0.25) is 0 Å². The van der Waals surface area contributed by atoms with Crippen LogP contribution in [0.3, 0.4) is 0 Å². The standard InChI is InChI=1S/C14H22O2/c1-3-10-16-11-14(15)13(4-2)12-8-6-5-7-9-12/h5-9,13-15H,3-4,10-11H2,1-2H3. The van der Waals surface area contributed by atoms with Crippen molar-refractivity contribution >= 4 is 0 Å². The van der Waals surface area contributed by atoms with Gasteiger partial charge in [0.1, 0.15) is 0 Å². The predicted octanol–water partition coefficient (Wildman–Crippen LogP) is 2.97. The van der Waals surface area contributed by atoms with E-state index in [1.807, 2.05) is 18.2 Å². The van der Waals surface area contributed by atoms with E-state index in [0.717, 1.165) is 19.4 Å². The van der Waals surface area contributed by atoms with Crippen molar-refractivity contribution in [3.8, 4) is 0 Å². The van der Waals surface area contributed by atoms with Gasteiger partial charge in [0.05, 0.1) is 12.7 Å². The summed E-state index contributed by atoms with van der Waals surface area (Å²) in [6, 6.07) is 10.2. The number of rotatable bonds is 7. The summed E-state index contributed by atoms with van der Waals surface area (Å²) in [6.45, 7) is 5.32. The Bertz CT molecular complexity index is 271. The van der Waals surface area contributed by atoms with Crippen molar-refractivity contribution in [2.75, 3.05) is 13.2 Å². The second-order valence-electron chi connectivity index (χ2n) is 4.07. The van der Waals surface area contributed by atoms with Crippen molar-refractivity contribution in [3.05, 3.63) is 35.9 Å². The van der Waals surface area contributed by atoms with Crippen LogP contribution in [0.25, 0.3) is 0 Å². The average Bonchev–Trinajstić information content (AvgIpc) is 2.32. The van der Waals surface area contributed by atoms with Crippen molar-refractivity contribution in [2.24, 2.45) is 0 Å². The maximum absolute atomic E-state index is 10.1. The number of benzene rings is 1. The van der Waals surface area contributed by atoms with E-state index < -0.39 is 6.10 Å². The first-order valence-electron chi connectivity index (χ1n) is 6.10. The lowest BCUT2D eigenvalue weighted by atomic mass is 9.91. The molecule has 0 heterocycles. The van der Waals surface area contributed by atoms with Gasteiger partial charge < -0.3 is 9.84 Å². The largest absolute Gasteiger partial charge is 0.390 e. The third-order valence-corrected chi connectivity index (χ3v) is 2.77. The Morgan fingerprint density at radius 3 is 2.44 bits per heavy atom. The maximum atomic E-state index is 10.1. The average molecular weight is 222 g/mol. The number of aliphatic hydroxyl groups is 1. The summed E-state index contributed by atoms with van der Waals surface area (Å²) in [4.78, 5) is 0. The molecule has 2 heteroatoms. The minimum Gasteiger partial charge on any atom is -0.390 e. The fourth-order valence-corrected chi connectivity index (χ4v) is 1.89. The van der Waals surface area contributed by atoms with Gasteiger partial charge in [0.2, 0.25) is 0 Å². The molecule has 1 rings (SSSR count).